The molecular formula is C12H18N2O4S2. The minimum atomic E-state index is -3.81. The van der Waals surface area contributed by atoms with Crippen molar-refractivity contribution in [2.45, 2.75) is 47.9 Å². The maximum Gasteiger partial charge on any atom is 0.241 e. The lowest BCUT2D eigenvalue weighted by atomic mass is 9.76. The number of hydrogen-bond acceptors (Lipinski definition) is 4. The number of hydrogen-bond donors (Lipinski definition) is 2. The largest absolute Gasteiger partial charge is 0.241 e. The average molecular weight is 318 g/mol. The van der Waals surface area contributed by atoms with Crippen molar-refractivity contribution in [1.82, 2.24) is 4.72 Å². The molecule has 112 valence electrons. The molecule has 1 saturated carbocycles. The van der Waals surface area contributed by atoms with Crippen molar-refractivity contribution in [2.24, 2.45) is 5.14 Å². The van der Waals surface area contributed by atoms with Gasteiger partial charge in [0.05, 0.1) is 9.79 Å². The Balaban J connectivity index is 2.26. The van der Waals surface area contributed by atoms with Crippen LogP contribution in [-0.2, 0) is 20.0 Å². The number of benzene rings is 1. The maximum absolute atomic E-state index is 12.3. The van der Waals surface area contributed by atoms with Gasteiger partial charge in [0.2, 0.25) is 20.0 Å². The van der Waals surface area contributed by atoms with Gasteiger partial charge in [0.25, 0.3) is 0 Å². The van der Waals surface area contributed by atoms with Crippen molar-refractivity contribution in [3.63, 3.8) is 0 Å². The molecule has 0 aliphatic heterocycles. The highest BCUT2D eigenvalue weighted by atomic mass is 32.2. The van der Waals surface area contributed by atoms with E-state index in [1.54, 1.807) is 0 Å². The third kappa shape index (κ3) is 3.03. The van der Waals surface area contributed by atoms with E-state index in [1.165, 1.54) is 24.3 Å². The summed E-state index contributed by atoms with van der Waals surface area (Å²) < 4.78 is 49.5. The Morgan fingerprint density at radius 2 is 1.60 bits per heavy atom. The van der Waals surface area contributed by atoms with Gasteiger partial charge in [0, 0.05) is 5.54 Å². The fourth-order valence-electron chi connectivity index (χ4n) is 2.28. The minimum absolute atomic E-state index is 0.0459. The summed E-state index contributed by atoms with van der Waals surface area (Å²) in [5, 5.41) is 4.98. The molecule has 1 aliphatic carbocycles. The molecule has 0 amide bonds. The molecule has 1 aromatic carbocycles. The third-order valence-corrected chi connectivity index (χ3v) is 6.32. The summed E-state index contributed by atoms with van der Waals surface area (Å²) in [6.07, 6.45) is 3.41. The summed E-state index contributed by atoms with van der Waals surface area (Å²) in [5.41, 5.74) is -0.350. The summed E-state index contributed by atoms with van der Waals surface area (Å²) in [7, 11) is -7.45. The van der Waals surface area contributed by atoms with Gasteiger partial charge in [-0.05, 0) is 49.9 Å². The number of nitrogens with one attached hydrogen (secondary N) is 1. The average Bonchev–Trinajstić information content (AvgIpc) is 2.33. The van der Waals surface area contributed by atoms with E-state index in [-0.39, 0.29) is 15.3 Å². The van der Waals surface area contributed by atoms with Crippen LogP contribution in [-0.4, -0.2) is 22.4 Å². The molecule has 0 radical (unpaired) electrons. The number of nitrogens with two attached hydrogens (primary N) is 1. The highest BCUT2D eigenvalue weighted by molar-refractivity contribution is 7.89. The lowest BCUT2D eigenvalue weighted by Gasteiger charge is -2.41. The van der Waals surface area contributed by atoms with Crippen LogP contribution < -0.4 is 9.86 Å². The molecular weight excluding hydrogens is 300 g/mol. The Kier molecular flexibility index (Phi) is 3.94. The Morgan fingerprint density at radius 3 is 1.95 bits per heavy atom. The molecule has 0 spiro atoms. The second-order valence-corrected chi connectivity index (χ2v) is 8.35. The van der Waals surface area contributed by atoms with Crippen LogP contribution in [0.1, 0.15) is 32.6 Å². The molecule has 0 saturated heterocycles. The number of sulfonamides is 2. The van der Waals surface area contributed by atoms with Gasteiger partial charge in [-0.1, -0.05) is 6.92 Å². The predicted molar refractivity (Wildman–Crippen MR) is 75.0 cm³/mol. The van der Waals surface area contributed by atoms with Crippen molar-refractivity contribution < 1.29 is 16.8 Å². The van der Waals surface area contributed by atoms with E-state index >= 15 is 0 Å². The van der Waals surface area contributed by atoms with Gasteiger partial charge in [0.15, 0.2) is 0 Å². The fraction of sp³-hybridized carbons (Fsp3) is 0.500. The second kappa shape index (κ2) is 5.10. The molecule has 20 heavy (non-hydrogen) atoms. The van der Waals surface area contributed by atoms with Gasteiger partial charge < -0.3 is 0 Å². The monoisotopic (exact) mass is 318 g/mol. The number of primary sulfonamides is 1. The zero-order valence-corrected chi connectivity index (χ0v) is 12.8. The first kappa shape index (κ1) is 15.4. The molecule has 6 nitrogen and oxygen atoms in total. The topological polar surface area (TPSA) is 106 Å². The molecule has 0 atom stereocenters. The van der Waals surface area contributed by atoms with E-state index < -0.39 is 20.0 Å². The summed E-state index contributed by atoms with van der Waals surface area (Å²) >= 11 is 0. The van der Waals surface area contributed by atoms with E-state index in [0.717, 1.165) is 25.7 Å². The molecule has 1 aliphatic rings. The summed E-state index contributed by atoms with van der Waals surface area (Å²) in [4.78, 5) is -0.0603. The van der Waals surface area contributed by atoms with Crippen LogP contribution in [0, 0.1) is 0 Å². The molecule has 8 heteroatoms. The lowest BCUT2D eigenvalue weighted by molar-refractivity contribution is 0.214. The molecule has 2 rings (SSSR count). The SMILES string of the molecule is CCC1(NS(=O)(=O)c2ccc(S(N)(=O)=O)cc2)CCC1. The quantitative estimate of drug-likeness (QED) is 0.842. The predicted octanol–water partition coefficient (Wildman–Crippen LogP) is 0.945. The molecule has 1 aromatic rings. The lowest BCUT2D eigenvalue weighted by Crippen LogP contribution is -2.52. The number of rotatable bonds is 5. The van der Waals surface area contributed by atoms with Gasteiger partial charge >= 0.3 is 0 Å². The Labute approximate surface area is 119 Å². The zero-order valence-electron chi connectivity index (χ0n) is 11.2. The van der Waals surface area contributed by atoms with Crippen LogP contribution in [0.15, 0.2) is 34.1 Å². The van der Waals surface area contributed by atoms with Crippen molar-refractivity contribution in [1.29, 1.82) is 0 Å². The van der Waals surface area contributed by atoms with Crippen LogP contribution in [0.3, 0.4) is 0 Å². The highest BCUT2D eigenvalue weighted by Crippen LogP contribution is 2.36. The van der Waals surface area contributed by atoms with Crippen LogP contribution in [0.2, 0.25) is 0 Å². The summed E-state index contributed by atoms with van der Waals surface area (Å²) in [5.74, 6) is 0. The van der Waals surface area contributed by atoms with Gasteiger partial charge in [-0.25, -0.2) is 26.7 Å². The van der Waals surface area contributed by atoms with E-state index in [1.807, 2.05) is 6.92 Å². The minimum Gasteiger partial charge on any atom is -0.225 e. The Hall–Kier alpha value is -0.960. The van der Waals surface area contributed by atoms with Gasteiger partial charge in [-0.3, -0.25) is 0 Å². The maximum atomic E-state index is 12.3. The van der Waals surface area contributed by atoms with Crippen molar-refractivity contribution >= 4 is 20.0 Å². The molecule has 1 fully saturated rings. The van der Waals surface area contributed by atoms with E-state index in [4.69, 9.17) is 5.14 Å². The molecule has 0 bridgehead atoms. The molecule has 3 N–H and O–H groups in total. The second-order valence-electron chi connectivity index (χ2n) is 5.11. The summed E-state index contributed by atoms with van der Waals surface area (Å²) in [6.45, 7) is 1.95. The van der Waals surface area contributed by atoms with Gasteiger partial charge in [-0.15, -0.1) is 0 Å². The van der Waals surface area contributed by atoms with E-state index in [9.17, 15) is 16.8 Å². The highest BCUT2D eigenvalue weighted by Gasteiger charge is 2.39. The van der Waals surface area contributed by atoms with Crippen LogP contribution in [0.25, 0.3) is 0 Å². The first-order valence-electron chi connectivity index (χ1n) is 6.35. The standard InChI is InChI=1S/C12H18N2O4S2/c1-2-12(8-3-9-12)14-20(17,18)11-6-4-10(5-7-11)19(13,15)16/h4-7,14H,2-3,8-9H2,1H3,(H2,13,15,16). The van der Waals surface area contributed by atoms with Crippen LogP contribution in [0.5, 0.6) is 0 Å². The van der Waals surface area contributed by atoms with Crippen molar-refractivity contribution in [3.05, 3.63) is 24.3 Å². The van der Waals surface area contributed by atoms with Crippen LogP contribution >= 0.6 is 0 Å². The molecule has 0 unspecified atom stereocenters. The van der Waals surface area contributed by atoms with E-state index in [0.29, 0.717) is 0 Å². The normalized spacial score (nSPS) is 18.5. The summed E-state index contributed by atoms with van der Waals surface area (Å²) in [6, 6.07) is 4.90. The first-order valence-corrected chi connectivity index (χ1v) is 9.38. The van der Waals surface area contributed by atoms with Crippen molar-refractivity contribution in [3.8, 4) is 0 Å². The van der Waals surface area contributed by atoms with Crippen LogP contribution in [0.4, 0.5) is 0 Å². The van der Waals surface area contributed by atoms with E-state index in [2.05, 4.69) is 4.72 Å². The first-order chi connectivity index (χ1) is 9.19. The smallest absolute Gasteiger partial charge is 0.225 e. The van der Waals surface area contributed by atoms with Crippen molar-refractivity contribution in [2.75, 3.05) is 0 Å². The Bertz CT molecular complexity index is 684. The zero-order chi connectivity index (χ0) is 15.0. The van der Waals surface area contributed by atoms with Gasteiger partial charge in [0.1, 0.15) is 0 Å². The van der Waals surface area contributed by atoms with Gasteiger partial charge in [-0.2, -0.15) is 0 Å². The fourth-order valence-corrected chi connectivity index (χ4v) is 4.33. The Morgan fingerprint density at radius 1 is 1.10 bits per heavy atom. The third-order valence-electron chi connectivity index (χ3n) is 3.80. The molecule has 0 aromatic heterocycles. The molecule has 0 heterocycles.